The minimum atomic E-state index is -1.03. The first-order chi connectivity index (χ1) is 16.5. The summed E-state index contributed by atoms with van der Waals surface area (Å²) in [6.45, 7) is 1.94. The fraction of sp³-hybridized carbons (Fsp3) is 0.0667. The molecule has 0 bridgehead atoms. The third-order valence-electron chi connectivity index (χ3n) is 6.23. The minimum absolute atomic E-state index is 0.167. The molecule has 5 aromatic rings. The molecule has 4 nitrogen and oxygen atoms in total. The predicted octanol–water partition coefficient (Wildman–Crippen LogP) is 6.85. The van der Waals surface area contributed by atoms with E-state index in [2.05, 4.69) is 5.32 Å². The van der Waals surface area contributed by atoms with Gasteiger partial charge < -0.3 is 10.4 Å². The first-order valence-corrected chi connectivity index (χ1v) is 11.2. The van der Waals surface area contributed by atoms with Gasteiger partial charge in [-0.1, -0.05) is 91.0 Å². The van der Waals surface area contributed by atoms with Crippen LogP contribution in [0.25, 0.3) is 32.7 Å². The van der Waals surface area contributed by atoms with E-state index in [4.69, 9.17) is 0 Å². The number of hydrogen-bond donors (Lipinski definition) is 2. The molecule has 0 saturated heterocycles. The molecule has 0 aliphatic heterocycles. The van der Waals surface area contributed by atoms with Crippen molar-refractivity contribution in [2.45, 2.75) is 13.0 Å². The number of carbonyl (C=O) groups excluding carboxylic acids is 1. The largest absolute Gasteiger partial charge is 0.478 e. The van der Waals surface area contributed by atoms with Gasteiger partial charge in [0, 0.05) is 16.7 Å². The van der Waals surface area contributed by atoms with Gasteiger partial charge in [-0.05, 0) is 46.2 Å². The number of carboxylic acids is 1. The van der Waals surface area contributed by atoms with Crippen LogP contribution >= 0.6 is 0 Å². The van der Waals surface area contributed by atoms with E-state index in [-0.39, 0.29) is 17.5 Å². The van der Waals surface area contributed by atoms with Gasteiger partial charge >= 0.3 is 5.97 Å². The maximum absolute atomic E-state index is 13.6. The standard InChI is InChI=1S/C30H23NO3/c1-19(20-9-3-2-4-10-20)31-29(32)25-17-15-21-11-5-7-13-23(21)27(25)28-24-14-8-6-12-22(24)16-18-26(28)30(33)34/h2-19H,1H3,(H,31,32)(H,33,34). The Bertz CT molecular complexity index is 1540. The molecule has 5 rings (SSSR count). The van der Waals surface area contributed by atoms with Gasteiger partial charge in [-0.25, -0.2) is 4.79 Å². The van der Waals surface area contributed by atoms with Crippen LogP contribution in [-0.2, 0) is 0 Å². The zero-order chi connectivity index (χ0) is 23.7. The van der Waals surface area contributed by atoms with Gasteiger partial charge in [0.05, 0.1) is 11.6 Å². The lowest BCUT2D eigenvalue weighted by molar-refractivity contribution is 0.0697. The van der Waals surface area contributed by atoms with Crippen molar-refractivity contribution >= 4 is 33.4 Å². The quantitative estimate of drug-likeness (QED) is 0.311. The Morgan fingerprint density at radius 3 is 1.74 bits per heavy atom. The molecule has 4 heteroatoms. The van der Waals surface area contributed by atoms with Crippen LogP contribution in [0.4, 0.5) is 0 Å². The lowest BCUT2D eigenvalue weighted by atomic mass is 9.86. The number of fused-ring (bicyclic) bond motifs is 2. The summed E-state index contributed by atoms with van der Waals surface area (Å²) in [6.07, 6.45) is 0. The number of aromatic carboxylic acids is 1. The van der Waals surface area contributed by atoms with Gasteiger partial charge in [0.1, 0.15) is 0 Å². The number of hydrogen-bond acceptors (Lipinski definition) is 2. The highest BCUT2D eigenvalue weighted by atomic mass is 16.4. The van der Waals surface area contributed by atoms with E-state index in [1.165, 1.54) is 0 Å². The minimum Gasteiger partial charge on any atom is -0.478 e. The first kappa shape index (κ1) is 21.4. The molecule has 0 aromatic heterocycles. The first-order valence-electron chi connectivity index (χ1n) is 11.2. The molecule has 2 N–H and O–H groups in total. The average Bonchev–Trinajstić information content (AvgIpc) is 2.87. The molecule has 1 atom stereocenters. The third kappa shape index (κ3) is 3.80. The molecule has 1 unspecified atom stereocenters. The smallest absolute Gasteiger partial charge is 0.336 e. The van der Waals surface area contributed by atoms with Crippen molar-refractivity contribution in [3.05, 3.63) is 120 Å². The highest BCUT2D eigenvalue weighted by molar-refractivity contribution is 6.18. The molecule has 5 aromatic carbocycles. The van der Waals surface area contributed by atoms with Crippen molar-refractivity contribution in [2.24, 2.45) is 0 Å². The lowest BCUT2D eigenvalue weighted by Crippen LogP contribution is -2.27. The van der Waals surface area contributed by atoms with Crippen LogP contribution < -0.4 is 5.32 Å². The second kappa shape index (κ2) is 8.83. The summed E-state index contributed by atoms with van der Waals surface area (Å²) in [5, 5.41) is 16.7. The van der Waals surface area contributed by atoms with Crippen LogP contribution in [0.1, 0.15) is 39.2 Å². The van der Waals surface area contributed by atoms with Crippen molar-refractivity contribution in [3.8, 4) is 11.1 Å². The van der Waals surface area contributed by atoms with E-state index in [9.17, 15) is 14.7 Å². The topological polar surface area (TPSA) is 66.4 Å². The number of rotatable bonds is 5. The van der Waals surface area contributed by atoms with Crippen molar-refractivity contribution in [3.63, 3.8) is 0 Å². The van der Waals surface area contributed by atoms with Crippen molar-refractivity contribution < 1.29 is 14.7 Å². The number of carbonyl (C=O) groups is 2. The Morgan fingerprint density at radius 2 is 1.15 bits per heavy atom. The molecule has 0 aliphatic rings. The average molecular weight is 446 g/mol. The molecule has 0 saturated carbocycles. The Kier molecular flexibility index (Phi) is 5.56. The maximum atomic E-state index is 13.6. The zero-order valence-electron chi connectivity index (χ0n) is 18.7. The summed E-state index contributed by atoms with van der Waals surface area (Å²) in [4.78, 5) is 25.9. The van der Waals surface area contributed by atoms with Gasteiger partial charge in [0.2, 0.25) is 0 Å². The normalized spacial score (nSPS) is 11.9. The molecular formula is C30H23NO3. The van der Waals surface area contributed by atoms with Gasteiger partial charge in [0.15, 0.2) is 0 Å². The number of amides is 1. The molecule has 0 radical (unpaired) electrons. The van der Waals surface area contributed by atoms with Crippen LogP contribution in [0.2, 0.25) is 0 Å². The Balaban J connectivity index is 1.77. The van der Waals surface area contributed by atoms with E-state index < -0.39 is 5.97 Å². The zero-order valence-corrected chi connectivity index (χ0v) is 18.7. The maximum Gasteiger partial charge on any atom is 0.336 e. The van der Waals surface area contributed by atoms with E-state index in [1.807, 2.05) is 97.9 Å². The second-order valence-electron chi connectivity index (χ2n) is 8.33. The Morgan fingerprint density at radius 1 is 0.647 bits per heavy atom. The Labute approximate surface area is 197 Å². The van der Waals surface area contributed by atoms with Gasteiger partial charge in [-0.2, -0.15) is 0 Å². The van der Waals surface area contributed by atoms with Crippen molar-refractivity contribution in [1.82, 2.24) is 5.32 Å². The second-order valence-corrected chi connectivity index (χ2v) is 8.33. The van der Waals surface area contributed by atoms with Crippen LogP contribution in [0, 0.1) is 0 Å². The molecule has 34 heavy (non-hydrogen) atoms. The SMILES string of the molecule is CC(NC(=O)c1ccc2ccccc2c1-c1c(C(=O)O)ccc2ccccc12)c1ccccc1. The highest BCUT2D eigenvalue weighted by Crippen LogP contribution is 2.39. The van der Waals surface area contributed by atoms with Crippen molar-refractivity contribution in [1.29, 1.82) is 0 Å². The van der Waals surface area contributed by atoms with E-state index in [0.717, 1.165) is 27.1 Å². The van der Waals surface area contributed by atoms with Gasteiger partial charge in [0.25, 0.3) is 5.91 Å². The number of nitrogens with one attached hydrogen (secondary N) is 1. The van der Waals surface area contributed by atoms with Crippen LogP contribution in [0.5, 0.6) is 0 Å². The number of benzene rings is 5. The summed E-state index contributed by atoms with van der Waals surface area (Å²) in [7, 11) is 0. The summed E-state index contributed by atoms with van der Waals surface area (Å²) < 4.78 is 0. The molecule has 0 spiro atoms. The highest BCUT2D eigenvalue weighted by Gasteiger charge is 2.23. The molecule has 0 heterocycles. The lowest BCUT2D eigenvalue weighted by Gasteiger charge is -2.20. The van der Waals surface area contributed by atoms with E-state index in [0.29, 0.717) is 16.7 Å². The van der Waals surface area contributed by atoms with Crippen LogP contribution in [0.15, 0.2) is 103 Å². The Hall–Kier alpha value is -4.44. The summed E-state index contributed by atoms with van der Waals surface area (Å²) in [6, 6.07) is 32.1. The summed E-state index contributed by atoms with van der Waals surface area (Å²) in [5.74, 6) is -1.28. The van der Waals surface area contributed by atoms with Crippen LogP contribution in [0.3, 0.4) is 0 Å². The summed E-state index contributed by atoms with van der Waals surface area (Å²) >= 11 is 0. The molecule has 166 valence electrons. The van der Waals surface area contributed by atoms with Crippen molar-refractivity contribution in [2.75, 3.05) is 0 Å². The third-order valence-corrected chi connectivity index (χ3v) is 6.23. The predicted molar refractivity (Wildman–Crippen MR) is 136 cm³/mol. The van der Waals surface area contributed by atoms with Gasteiger partial charge in [-0.3, -0.25) is 4.79 Å². The van der Waals surface area contributed by atoms with Crippen LogP contribution in [-0.4, -0.2) is 17.0 Å². The van der Waals surface area contributed by atoms with E-state index in [1.54, 1.807) is 12.1 Å². The van der Waals surface area contributed by atoms with Gasteiger partial charge in [-0.15, -0.1) is 0 Å². The molecular weight excluding hydrogens is 422 g/mol. The number of carboxylic acid groups (broad SMARTS) is 1. The fourth-order valence-corrected chi connectivity index (χ4v) is 4.55. The van der Waals surface area contributed by atoms with E-state index >= 15 is 0 Å². The summed E-state index contributed by atoms with van der Waals surface area (Å²) in [5.41, 5.74) is 2.79. The molecule has 1 amide bonds. The fourth-order valence-electron chi connectivity index (χ4n) is 4.55. The molecule has 0 fully saturated rings. The monoisotopic (exact) mass is 445 g/mol. The molecule has 0 aliphatic carbocycles.